The topological polar surface area (TPSA) is 31.4 Å². The number of alkyl halides is 1. The summed E-state index contributed by atoms with van der Waals surface area (Å²) in [5.74, 6) is 1.70. The highest BCUT2D eigenvalue weighted by Crippen LogP contribution is 2.27. The van der Waals surface area contributed by atoms with E-state index < -0.39 is 0 Å². The Bertz CT molecular complexity index is 557. The summed E-state index contributed by atoms with van der Waals surface area (Å²) in [6, 6.07) is 5.96. The zero-order valence-corrected chi connectivity index (χ0v) is 14.1. The molecule has 108 valence electrons. The van der Waals surface area contributed by atoms with Crippen molar-refractivity contribution in [1.29, 1.82) is 0 Å². The van der Waals surface area contributed by atoms with Gasteiger partial charge in [-0.2, -0.15) is 0 Å². The Kier molecular flexibility index (Phi) is 5.86. The second-order valence-electron chi connectivity index (χ2n) is 4.40. The van der Waals surface area contributed by atoms with Crippen LogP contribution in [0.5, 0.6) is 11.5 Å². The highest BCUT2D eigenvalue weighted by molar-refractivity contribution is 9.08. The molecule has 0 saturated heterocycles. The van der Waals surface area contributed by atoms with Crippen LogP contribution in [-0.2, 0) is 11.9 Å². The monoisotopic (exact) mass is 355 g/mol. The van der Waals surface area contributed by atoms with Crippen molar-refractivity contribution in [3.8, 4) is 11.5 Å². The van der Waals surface area contributed by atoms with Crippen LogP contribution in [0.15, 0.2) is 23.6 Å². The van der Waals surface area contributed by atoms with Crippen molar-refractivity contribution in [3.05, 3.63) is 39.8 Å². The number of hydrogen-bond donors (Lipinski definition) is 0. The Morgan fingerprint density at radius 1 is 1.30 bits per heavy atom. The maximum absolute atomic E-state index is 5.88. The van der Waals surface area contributed by atoms with Gasteiger partial charge in [0.05, 0.1) is 17.3 Å². The van der Waals surface area contributed by atoms with Crippen LogP contribution in [0.25, 0.3) is 0 Å². The van der Waals surface area contributed by atoms with Crippen molar-refractivity contribution >= 4 is 27.3 Å². The molecule has 2 rings (SSSR count). The van der Waals surface area contributed by atoms with E-state index in [9.17, 15) is 0 Å². The summed E-state index contributed by atoms with van der Waals surface area (Å²) in [7, 11) is 0. The third-order valence-corrected chi connectivity index (χ3v) is 4.12. The number of aromatic nitrogens is 1. The average Bonchev–Trinajstić information content (AvgIpc) is 2.88. The first-order valence-electron chi connectivity index (χ1n) is 6.58. The lowest BCUT2D eigenvalue weighted by molar-refractivity contribution is 0.290. The first-order valence-corrected chi connectivity index (χ1v) is 8.58. The molecular weight excluding hydrogens is 338 g/mol. The first-order chi connectivity index (χ1) is 9.72. The second kappa shape index (κ2) is 7.64. The maximum Gasteiger partial charge on any atom is 0.131 e. The molecule has 2 aromatic rings. The Morgan fingerprint density at radius 2 is 2.15 bits per heavy atom. The summed E-state index contributed by atoms with van der Waals surface area (Å²) in [6.07, 6.45) is 0.995. The predicted octanol–water partition coefficient (Wildman–Crippen LogP) is 4.71. The molecule has 0 saturated carbocycles. The van der Waals surface area contributed by atoms with Crippen LogP contribution < -0.4 is 9.47 Å². The Labute approximate surface area is 132 Å². The van der Waals surface area contributed by atoms with Gasteiger partial charge >= 0.3 is 0 Å². The van der Waals surface area contributed by atoms with Crippen molar-refractivity contribution in [2.75, 3.05) is 6.61 Å². The molecular formula is C15H18BrNO2S. The van der Waals surface area contributed by atoms with Gasteiger partial charge in [0.2, 0.25) is 0 Å². The minimum Gasteiger partial charge on any atom is -0.493 e. The largest absolute Gasteiger partial charge is 0.493 e. The van der Waals surface area contributed by atoms with Crippen LogP contribution in [0, 0.1) is 6.92 Å². The van der Waals surface area contributed by atoms with Crippen LogP contribution in [0.1, 0.15) is 29.6 Å². The molecule has 0 aliphatic carbocycles. The number of halogens is 1. The standard InChI is InChI=1S/C15H18BrNO2S/c1-3-6-18-14-5-4-12(8-16)15(7-14)19-9-13-10-20-11(2)17-13/h4-5,7,10H,3,6,8-9H2,1-2H3. The molecule has 1 aromatic carbocycles. The molecule has 1 heterocycles. The van der Waals surface area contributed by atoms with Crippen LogP contribution >= 0.6 is 27.3 Å². The number of rotatable bonds is 7. The molecule has 0 aliphatic rings. The molecule has 0 spiro atoms. The van der Waals surface area contributed by atoms with Crippen LogP contribution in [0.3, 0.4) is 0 Å². The molecule has 0 N–H and O–H groups in total. The number of benzene rings is 1. The summed E-state index contributed by atoms with van der Waals surface area (Å²) in [6.45, 7) is 5.30. The number of ether oxygens (including phenoxy) is 2. The van der Waals surface area contributed by atoms with E-state index in [-0.39, 0.29) is 0 Å². The van der Waals surface area contributed by atoms with Gasteiger partial charge in [0.15, 0.2) is 0 Å². The van der Waals surface area contributed by atoms with Gasteiger partial charge in [-0.3, -0.25) is 0 Å². The van der Waals surface area contributed by atoms with Crippen LogP contribution in [-0.4, -0.2) is 11.6 Å². The lowest BCUT2D eigenvalue weighted by Gasteiger charge is -2.12. The normalized spacial score (nSPS) is 10.6. The smallest absolute Gasteiger partial charge is 0.131 e. The quantitative estimate of drug-likeness (QED) is 0.673. The zero-order valence-electron chi connectivity index (χ0n) is 11.7. The third-order valence-electron chi connectivity index (χ3n) is 2.70. The van der Waals surface area contributed by atoms with Gasteiger partial charge in [-0.05, 0) is 19.4 Å². The molecule has 0 amide bonds. The average molecular weight is 356 g/mol. The summed E-state index contributed by atoms with van der Waals surface area (Å²) >= 11 is 5.12. The molecule has 5 heteroatoms. The fraction of sp³-hybridized carbons (Fsp3) is 0.400. The van der Waals surface area contributed by atoms with E-state index in [1.165, 1.54) is 0 Å². The number of aryl methyl sites for hydroxylation is 1. The van der Waals surface area contributed by atoms with Crippen LogP contribution in [0.2, 0.25) is 0 Å². The van der Waals surface area contributed by atoms with Gasteiger partial charge in [0.1, 0.15) is 18.1 Å². The van der Waals surface area contributed by atoms with E-state index in [0.29, 0.717) is 6.61 Å². The van der Waals surface area contributed by atoms with Gasteiger partial charge in [-0.1, -0.05) is 28.9 Å². The summed E-state index contributed by atoms with van der Waals surface area (Å²) < 4.78 is 11.5. The highest BCUT2D eigenvalue weighted by Gasteiger charge is 2.07. The van der Waals surface area contributed by atoms with E-state index in [4.69, 9.17) is 9.47 Å². The third kappa shape index (κ3) is 4.21. The molecule has 0 fully saturated rings. The maximum atomic E-state index is 5.88. The lowest BCUT2D eigenvalue weighted by Crippen LogP contribution is -2.00. The fourth-order valence-electron chi connectivity index (χ4n) is 1.72. The molecule has 0 bridgehead atoms. The molecule has 0 radical (unpaired) electrons. The van der Waals surface area contributed by atoms with Gasteiger partial charge in [-0.15, -0.1) is 11.3 Å². The molecule has 0 unspecified atom stereocenters. The van der Waals surface area contributed by atoms with Crippen molar-refractivity contribution in [2.24, 2.45) is 0 Å². The SMILES string of the molecule is CCCOc1ccc(CBr)c(OCc2csc(C)n2)c1. The minimum absolute atomic E-state index is 0.488. The minimum atomic E-state index is 0.488. The molecule has 0 atom stereocenters. The van der Waals surface area contributed by atoms with E-state index in [1.54, 1.807) is 11.3 Å². The van der Waals surface area contributed by atoms with E-state index >= 15 is 0 Å². The van der Waals surface area contributed by atoms with Crippen LogP contribution in [0.4, 0.5) is 0 Å². The first kappa shape index (κ1) is 15.3. The number of thiazole rings is 1. The second-order valence-corrected chi connectivity index (χ2v) is 6.02. The van der Waals surface area contributed by atoms with Gasteiger partial charge in [0, 0.05) is 22.3 Å². The van der Waals surface area contributed by atoms with Crippen molar-refractivity contribution in [1.82, 2.24) is 4.98 Å². The fourth-order valence-corrected chi connectivity index (χ4v) is 2.78. The van der Waals surface area contributed by atoms with Crippen molar-refractivity contribution < 1.29 is 9.47 Å². The molecule has 3 nitrogen and oxygen atoms in total. The Hall–Kier alpha value is -1.07. The molecule has 1 aromatic heterocycles. The van der Waals surface area contributed by atoms with E-state index in [1.807, 2.05) is 30.5 Å². The van der Waals surface area contributed by atoms with Crippen molar-refractivity contribution in [2.45, 2.75) is 32.2 Å². The number of nitrogens with zero attached hydrogens (tertiary/aromatic N) is 1. The van der Waals surface area contributed by atoms with Gasteiger partial charge in [-0.25, -0.2) is 4.98 Å². The van der Waals surface area contributed by atoms with E-state index in [2.05, 4.69) is 27.8 Å². The zero-order chi connectivity index (χ0) is 14.4. The lowest BCUT2D eigenvalue weighted by atomic mass is 10.2. The predicted molar refractivity (Wildman–Crippen MR) is 86.0 cm³/mol. The van der Waals surface area contributed by atoms with E-state index in [0.717, 1.165) is 46.1 Å². The Morgan fingerprint density at radius 3 is 2.80 bits per heavy atom. The van der Waals surface area contributed by atoms with Gasteiger partial charge in [0.25, 0.3) is 0 Å². The summed E-state index contributed by atoms with van der Waals surface area (Å²) in [5.41, 5.74) is 2.08. The molecule has 0 aliphatic heterocycles. The van der Waals surface area contributed by atoms with Gasteiger partial charge < -0.3 is 9.47 Å². The Balaban J connectivity index is 2.07. The highest BCUT2D eigenvalue weighted by atomic mass is 79.9. The molecule has 20 heavy (non-hydrogen) atoms. The number of hydrogen-bond acceptors (Lipinski definition) is 4. The van der Waals surface area contributed by atoms with Crippen molar-refractivity contribution in [3.63, 3.8) is 0 Å². The summed E-state index contributed by atoms with van der Waals surface area (Å²) in [5, 5.41) is 3.84. The summed E-state index contributed by atoms with van der Waals surface area (Å²) in [4.78, 5) is 4.40.